The van der Waals surface area contributed by atoms with Crippen molar-refractivity contribution in [2.45, 2.75) is 52.6 Å². The Balaban J connectivity index is 2.40. The molecule has 0 saturated carbocycles. The first-order chi connectivity index (χ1) is 9.93. The predicted molar refractivity (Wildman–Crippen MR) is 94.0 cm³/mol. The molecule has 0 aromatic heterocycles. The molecule has 2 unspecified atom stereocenters. The highest BCUT2D eigenvalue weighted by Crippen LogP contribution is 2.28. The van der Waals surface area contributed by atoms with Crippen LogP contribution in [0.5, 0.6) is 0 Å². The van der Waals surface area contributed by atoms with E-state index < -0.39 is 0 Å². The smallest absolute Gasteiger partial charge is 0.0453 e. The Labute approximate surface area is 135 Å². The third kappa shape index (κ3) is 6.37. The molecule has 0 spiro atoms. The Morgan fingerprint density at radius 2 is 1.81 bits per heavy atom. The number of halogens is 1. The first-order valence-corrected chi connectivity index (χ1v) is 8.48. The Morgan fingerprint density at radius 3 is 2.43 bits per heavy atom. The summed E-state index contributed by atoms with van der Waals surface area (Å²) in [5, 5.41) is 4.37. The number of nitrogens with zero attached hydrogens (tertiary/aromatic N) is 1. The van der Waals surface area contributed by atoms with Crippen LogP contribution in [0.2, 0.25) is 5.02 Å². The fourth-order valence-corrected chi connectivity index (χ4v) is 2.83. The maximum absolute atomic E-state index is 6.31. The quantitative estimate of drug-likeness (QED) is 0.662. The van der Waals surface area contributed by atoms with Crippen molar-refractivity contribution in [2.75, 3.05) is 20.1 Å². The first kappa shape index (κ1) is 18.5. The fraction of sp³-hybridized carbons (Fsp3) is 0.667. The molecule has 0 fully saturated rings. The van der Waals surface area contributed by atoms with Crippen LogP contribution in [-0.2, 0) is 0 Å². The van der Waals surface area contributed by atoms with Crippen molar-refractivity contribution in [1.82, 2.24) is 10.2 Å². The van der Waals surface area contributed by atoms with Gasteiger partial charge in [-0.15, -0.1) is 0 Å². The van der Waals surface area contributed by atoms with Crippen LogP contribution in [-0.4, -0.2) is 31.1 Å². The van der Waals surface area contributed by atoms with Gasteiger partial charge in [-0.3, -0.25) is 4.90 Å². The number of benzene rings is 1. The van der Waals surface area contributed by atoms with Crippen molar-refractivity contribution in [3.63, 3.8) is 0 Å². The van der Waals surface area contributed by atoms with E-state index >= 15 is 0 Å². The lowest BCUT2D eigenvalue weighted by Crippen LogP contribution is -2.32. The van der Waals surface area contributed by atoms with E-state index in [1.54, 1.807) is 0 Å². The fourth-order valence-electron chi connectivity index (χ4n) is 2.53. The lowest BCUT2D eigenvalue weighted by Gasteiger charge is -2.31. The highest BCUT2D eigenvalue weighted by molar-refractivity contribution is 6.31. The normalized spacial score (nSPS) is 14.7. The van der Waals surface area contributed by atoms with Crippen molar-refractivity contribution in [1.29, 1.82) is 0 Å². The maximum atomic E-state index is 6.31. The van der Waals surface area contributed by atoms with Gasteiger partial charge in [-0.25, -0.2) is 0 Å². The molecule has 0 radical (unpaired) electrons. The third-order valence-corrected chi connectivity index (χ3v) is 4.53. The molecule has 0 amide bonds. The average Bonchev–Trinajstić information content (AvgIpc) is 2.45. The molecule has 0 aliphatic heterocycles. The summed E-state index contributed by atoms with van der Waals surface area (Å²) in [5.74, 6) is 0.727. The van der Waals surface area contributed by atoms with Crippen LogP contribution in [0, 0.1) is 5.92 Å². The number of rotatable bonds is 9. The number of nitrogens with one attached hydrogen (secondary N) is 1. The van der Waals surface area contributed by atoms with E-state index in [-0.39, 0.29) is 0 Å². The maximum Gasteiger partial charge on any atom is 0.0453 e. The average molecular weight is 311 g/mol. The Kier molecular flexibility index (Phi) is 8.31. The zero-order valence-electron chi connectivity index (χ0n) is 14.2. The minimum Gasteiger partial charge on any atom is -0.316 e. The number of hydrogen-bond acceptors (Lipinski definition) is 2. The van der Waals surface area contributed by atoms with Crippen molar-refractivity contribution >= 4 is 11.6 Å². The van der Waals surface area contributed by atoms with Gasteiger partial charge in [0, 0.05) is 17.1 Å². The minimum absolute atomic E-state index is 0.345. The van der Waals surface area contributed by atoms with Crippen molar-refractivity contribution in [3.05, 3.63) is 34.9 Å². The summed E-state index contributed by atoms with van der Waals surface area (Å²) in [6, 6.07) is 9.05. The van der Waals surface area contributed by atoms with Crippen molar-refractivity contribution in [3.8, 4) is 0 Å². The van der Waals surface area contributed by atoms with E-state index in [0.717, 1.165) is 24.0 Å². The number of hydrogen-bond donors (Lipinski definition) is 1. The molecule has 1 rings (SSSR count). The summed E-state index contributed by atoms with van der Waals surface area (Å²) in [6.07, 6.45) is 2.42. The van der Waals surface area contributed by atoms with E-state index in [4.69, 9.17) is 11.6 Å². The van der Waals surface area contributed by atoms with Crippen LogP contribution in [0.25, 0.3) is 0 Å². The highest BCUT2D eigenvalue weighted by atomic mass is 35.5. The molecule has 0 saturated heterocycles. The zero-order chi connectivity index (χ0) is 15.8. The van der Waals surface area contributed by atoms with Gasteiger partial charge in [-0.05, 0) is 64.4 Å². The molecule has 0 aliphatic carbocycles. The van der Waals surface area contributed by atoms with Gasteiger partial charge in [-0.1, -0.05) is 43.6 Å². The van der Waals surface area contributed by atoms with Gasteiger partial charge in [-0.2, -0.15) is 0 Å². The van der Waals surface area contributed by atoms with E-state index in [0.29, 0.717) is 12.1 Å². The zero-order valence-corrected chi connectivity index (χ0v) is 15.0. The summed E-state index contributed by atoms with van der Waals surface area (Å²) in [6.45, 7) is 11.2. The van der Waals surface area contributed by atoms with E-state index in [9.17, 15) is 0 Å². The van der Waals surface area contributed by atoms with Gasteiger partial charge < -0.3 is 5.32 Å². The van der Waals surface area contributed by atoms with Crippen LogP contribution in [0.15, 0.2) is 24.3 Å². The Morgan fingerprint density at radius 1 is 1.14 bits per heavy atom. The van der Waals surface area contributed by atoms with E-state index in [2.05, 4.69) is 57.1 Å². The molecule has 0 bridgehead atoms. The summed E-state index contributed by atoms with van der Waals surface area (Å²) in [7, 11) is 2.19. The van der Waals surface area contributed by atoms with Crippen LogP contribution in [0.3, 0.4) is 0 Å². The second kappa shape index (κ2) is 9.45. The molecular formula is C18H31ClN2. The molecule has 0 heterocycles. The predicted octanol–water partition coefficient (Wildman–Crippen LogP) is 4.75. The van der Waals surface area contributed by atoms with Crippen LogP contribution >= 0.6 is 11.6 Å². The van der Waals surface area contributed by atoms with Gasteiger partial charge in [0.15, 0.2) is 0 Å². The van der Waals surface area contributed by atoms with Crippen LogP contribution < -0.4 is 5.32 Å². The van der Waals surface area contributed by atoms with Gasteiger partial charge >= 0.3 is 0 Å². The Hall–Kier alpha value is -0.570. The lowest BCUT2D eigenvalue weighted by atomic mass is 10.0. The standard InChI is InChI=1S/C18H31ClN2/c1-14(2)13-20-12-8-9-15(3)21(5)16(4)17-10-6-7-11-18(17)19/h6-7,10-11,14-16,20H,8-9,12-13H2,1-5H3. The second-order valence-electron chi connectivity index (χ2n) is 6.45. The van der Waals surface area contributed by atoms with E-state index in [1.807, 2.05) is 12.1 Å². The Bertz CT molecular complexity index is 406. The lowest BCUT2D eigenvalue weighted by molar-refractivity contribution is 0.186. The van der Waals surface area contributed by atoms with Gasteiger partial charge in [0.05, 0.1) is 0 Å². The van der Waals surface area contributed by atoms with Gasteiger partial charge in [0.1, 0.15) is 0 Å². The first-order valence-electron chi connectivity index (χ1n) is 8.10. The molecule has 2 nitrogen and oxygen atoms in total. The summed E-state index contributed by atoms with van der Waals surface area (Å²) in [4.78, 5) is 2.42. The monoisotopic (exact) mass is 310 g/mol. The molecule has 2 atom stereocenters. The molecule has 120 valence electrons. The molecule has 1 aromatic carbocycles. The molecule has 0 aliphatic rings. The molecule has 3 heteroatoms. The van der Waals surface area contributed by atoms with Crippen molar-refractivity contribution < 1.29 is 0 Å². The molecule has 1 aromatic rings. The second-order valence-corrected chi connectivity index (χ2v) is 6.86. The summed E-state index contributed by atoms with van der Waals surface area (Å²) < 4.78 is 0. The SMILES string of the molecule is CC(C)CNCCCC(C)N(C)C(C)c1ccccc1Cl. The van der Waals surface area contributed by atoms with Gasteiger partial charge in [0.25, 0.3) is 0 Å². The van der Waals surface area contributed by atoms with Gasteiger partial charge in [0.2, 0.25) is 0 Å². The molecular weight excluding hydrogens is 280 g/mol. The molecule has 1 N–H and O–H groups in total. The summed E-state index contributed by atoms with van der Waals surface area (Å²) in [5.41, 5.74) is 1.21. The highest BCUT2D eigenvalue weighted by Gasteiger charge is 2.18. The van der Waals surface area contributed by atoms with Crippen molar-refractivity contribution in [2.24, 2.45) is 5.92 Å². The summed E-state index contributed by atoms with van der Waals surface area (Å²) >= 11 is 6.31. The largest absolute Gasteiger partial charge is 0.316 e. The third-order valence-electron chi connectivity index (χ3n) is 4.19. The molecule has 21 heavy (non-hydrogen) atoms. The topological polar surface area (TPSA) is 15.3 Å². The van der Waals surface area contributed by atoms with Crippen LogP contribution in [0.4, 0.5) is 0 Å². The van der Waals surface area contributed by atoms with Crippen LogP contribution in [0.1, 0.15) is 52.1 Å². The minimum atomic E-state index is 0.345. The van der Waals surface area contributed by atoms with E-state index in [1.165, 1.54) is 18.4 Å².